The lowest BCUT2D eigenvalue weighted by atomic mass is 10.4. The molecule has 0 spiro atoms. The van der Waals surface area contributed by atoms with Crippen molar-refractivity contribution in [3.8, 4) is 0 Å². The van der Waals surface area contributed by atoms with E-state index in [-0.39, 0.29) is 12.6 Å². The molecule has 0 heterocycles. The first-order valence-corrected chi connectivity index (χ1v) is 7.10. The molecule has 0 radical (unpaired) electrons. The Morgan fingerprint density at radius 2 is 1.88 bits per heavy atom. The van der Waals surface area contributed by atoms with E-state index < -0.39 is 10.2 Å². The molecule has 0 atom stereocenters. The first kappa shape index (κ1) is 16.8. The molecule has 0 saturated carbocycles. The van der Waals surface area contributed by atoms with Gasteiger partial charge in [0.2, 0.25) is 0 Å². The van der Waals surface area contributed by atoms with Crippen molar-refractivity contribution in [2.75, 3.05) is 40.5 Å². The summed E-state index contributed by atoms with van der Waals surface area (Å²) in [5, 5.41) is 8.71. The molecule has 0 aliphatic heterocycles. The van der Waals surface area contributed by atoms with Crippen LogP contribution < -0.4 is 0 Å². The van der Waals surface area contributed by atoms with Crippen molar-refractivity contribution in [1.29, 1.82) is 0 Å². The Morgan fingerprint density at radius 1 is 1.29 bits per heavy atom. The van der Waals surface area contributed by atoms with Crippen molar-refractivity contribution < 1.29 is 18.3 Å². The number of ether oxygens (including phenoxy) is 1. The van der Waals surface area contributed by atoms with E-state index in [2.05, 4.69) is 0 Å². The van der Waals surface area contributed by atoms with Gasteiger partial charge in [0, 0.05) is 39.9 Å². The summed E-state index contributed by atoms with van der Waals surface area (Å²) in [7, 11) is -0.406. The van der Waals surface area contributed by atoms with Gasteiger partial charge in [0.15, 0.2) is 0 Å². The third-order valence-corrected chi connectivity index (χ3v) is 4.58. The molecule has 17 heavy (non-hydrogen) atoms. The maximum atomic E-state index is 12.2. The molecule has 0 unspecified atom stereocenters. The Labute approximate surface area is 104 Å². The summed E-state index contributed by atoms with van der Waals surface area (Å²) in [6.45, 7) is 4.65. The van der Waals surface area contributed by atoms with Crippen LogP contribution in [0.15, 0.2) is 0 Å². The molecular formula is C10H24N2O4S. The zero-order valence-electron chi connectivity index (χ0n) is 11.1. The van der Waals surface area contributed by atoms with Crippen LogP contribution in [0.4, 0.5) is 0 Å². The van der Waals surface area contributed by atoms with Crippen molar-refractivity contribution in [2.24, 2.45) is 0 Å². The van der Waals surface area contributed by atoms with Gasteiger partial charge in [-0.15, -0.1) is 0 Å². The van der Waals surface area contributed by atoms with E-state index in [4.69, 9.17) is 9.84 Å². The highest BCUT2D eigenvalue weighted by Gasteiger charge is 2.28. The molecule has 1 N–H and O–H groups in total. The van der Waals surface area contributed by atoms with Gasteiger partial charge in [-0.2, -0.15) is 17.0 Å². The Morgan fingerprint density at radius 3 is 2.29 bits per heavy atom. The highest BCUT2D eigenvalue weighted by molar-refractivity contribution is 7.86. The molecular weight excluding hydrogens is 244 g/mol. The minimum Gasteiger partial charge on any atom is -0.396 e. The molecule has 0 aromatic rings. The van der Waals surface area contributed by atoms with Gasteiger partial charge in [0.1, 0.15) is 0 Å². The fourth-order valence-electron chi connectivity index (χ4n) is 1.41. The quantitative estimate of drug-likeness (QED) is 0.634. The largest absolute Gasteiger partial charge is 0.396 e. The molecule has 0 aliphatic carbocycles. The predicted molar refractivity (Wildman–Crippen MR) is 67.0 cm³/mol. The van der Waals surface area contributed by atoms with E-state index in [1.807, 2.05) is 13.8 Å². The molecule has 0 aliphatic rings. The third-order valence-electron chi connectivity index (χ3n) is 2.41. The zero-order chi connectivity index (χ0) is 13.5. The predicted octanol–water partition coefficient (Wildman–Crippen LogP) is -0.0978. The molecule has 0 saturated heterocycles. The van der Waals surface area contributed by atoms with Crippen molar-refractivity contribution >= 4 is 10.2 Å². The second kappa shape index (κ2) is 7.99. The number of rotatable bonds is 9. The van der Waals surface area contributed by atoms with Gasteiger partial charge in [0.05, 0.1) is 6.61 Å². The molecule has 0 rings (SSSR count). The van der Waals surface area contributed by atoms with Crippen molar-refractivity contribution in [3.63, 3.8) is 0 Å². The van der Waals surface area contributed by atoms with E-state index in [0.29, 0.717) is 26.1 Å². The SMILES string of the molecule is COCCN(C(C)C)S(=O)(=O)N(C)CCCO. The second-order valence-electron chi connectivity index (χ2n) is 4.10. The van der Waals surface area contributed by atoms with E-state index >= 15 is 0 Å². The van der Waals surface area contributed by atoms with Crippen LogP contribution in [-0.4, -0.2) is 68.6 Å². The number of aliphatic hydroxyl groups excluding tert-OH is 1. The molecule has 0 aromatic heterocycles. The average Bonchev–Trinajstić information content (AvgIpc) is 2.25. The molecule has 0 fully saturated rings. The number of nitrogens with zero attached hydrogens (tertiary/aromatic N) is 2. The van der Waals surface area contributed by atoms with E-state index in [0.717, 1.165) is 0 Å². The van der Waals surface area contributed by atoms with Gasteiger partial charge in [-0.25, -0.2) is 0 Å². The summed E-state index contributed by atoms with van der Waals surface area (Å²) in [6.07, 6.45) is 0.436. The molecule has 0 amide bonds. The van der Waals surface area contributed by atoms with Crippen molar-refractivity contribution in [2.45, 2.75) is 26.3 Å². The summed E-state index contributed by atoms with van der Waals surface area (Å²) in [4.78, 5) is 0. The number of hydrogen-bond acceptors (Lipinski definition) is 4. The average molecular weight is 268 g/mol. The van der Waals surface area contributed by atoms with Gasteiger partial charge in [-0.3, -0.25) is 0 Å². The van der Waals surface area contributed by atoms with Crippen LogP contribution >= 0.6 is 0 Å². The monoisotopic (exact) mass is 268 g/mol. The van der Waals surface area contributed by atoms with Crippen LogP contribution in [0.25, 0.3) is 0 Å². The van der Waals surface area contributed by atoms with Crippen LogP contribution in [0.2, 0.25) is 0 Å². The minimum atomic E-state index is -3.47. The summed E-state index contributed by atoms with van der Waals surface area (Å²) in [5.41, 5.74) is 0. The Kier molecular flexibility index (Phi) is 7.89. The lowest BCUT2D eigenvalue weighted by Gasteiger charge is -2.30. The summed E-state index contributed by atoms with van der Waals surface area (Å²) < 4.78 is 32.0. The van der Waals surface area contributed by atoms with E-state index in [9.17, 15) is 8.42 Å². The highest BCUT2D eigenvalue weighted by atomic mass is 32.2. The Balaban J connectivity index is 4.70. The molecule has 0 aromatic carbocycles. The summed E-state index contributed by atoms with van der Waals surface area (Å²) in [6, 6.07) is -0.119. The normalized spacial score (nSPS) is 12.9. The number of aliphatic hydroxyl groups is 1. The van der Waals surface area contributed by atoms with Gasteiger partial charge in [-0.1, -0.05) is 0 Å². The van der Waals surface area contributed by atoms with Crippen molar-refractivity contribution in [3.05, 3.63) is 0 Å². The number of hydrogen-bond donors (Lipinski definition) is 1. The summed E-state index contributed by atoms with van der Waals surface area (Å²) in [5.74, 6) is 0. The van der Waals surface area contributed by atoms with Crippen molar-refractivity contribution in [1.82, 2.24) is 8.61 Å². The topological polar surface area (TPSA) is 70.1 Å². The van der Waals surface area contributed by atoms with E-state index in [1.54, 1.807) is 7.11 Å². The molecule has 6 nitrogen and oxygen atoms in total. The van der Waals surface area contributed by atoms with Crippen LogP contribution in [0.1, 0.15) is 20.3 Å². The molecule has 0 bridgehead atoms. The fraction of sp³-hybridized carbons (Fsp3) is 1.00. The molecule has 104 valence electrons. The third kappa shape index (κ3) is 5.31. The second-order valence-corrected chi connectivity index (χ2v) is 6.09. The van der Waals surface area contributed by atoms with Crippen LogP contribution in [0, 0.1) is 0 Å². The smallest absolute Gasteiger partial charge is 0.282 e. The zero-order valence-corrected chi connectivity index (χ0v) is 11.9. The van der Waals surface area contributed by atoms with Gasteiger partial charge in [-0.05, 0) is 20.3 Å². The van der Waals surface area contributed by atoms with Crippen LogP contribution in [0.3, 0.4) is 0 Å². The van der Waals surface area contributed by atoms with E-state index in [1.165, 1.54) is 15.7 Å². The maximum absolute atomic E-state index is 12.2. The van der Waals surface area contributed by atoms with Crippen LogP contribution in [-0.2, 0) is 14.9 Å². The maximum Gasteiger partial charge on any atom is 0.282 e. The minimum absolute atomic E-state index is 0.0143. The van der Waals surface area contributed by atoms with Gasteiger partial charge >= 0.3 is 0 Å². The highest BCUT2D eigenvalue weighted by Crippen LogP contribution is 2.11. The fourth-order valence-corrected chi connectivity index (χ4v) is 2.96. The van der Waals surface area contributed by atoms with Crippen LogP contribution in [0.5, 0.6) is 0 Å². The first-order chi connectivity index (χ1) is 7.87. The Bertz CT molecular complexity index is 293. The first-order valence-electron chi connectivity index (χ1n) is 5.70. The number of methoxy groups -OCH3 is 1. The van der Waals surface area contributed by atoms with Gasteiger partial charge < -0.3 is 9.84 Å². The lowest BCUT2D eigenvalue weighted by molar-refractivity contribution is 0.167. The standard InChI is InChI=1S/C10H24N2O4S/c1-10(2)12(7-9-16-4)17(14,15)11(3)6-5-8-13/h10,13H,5-9H2,1-4H3. The lowest BCUT2D eigenvalue weighted by Crippen LogP contribution is -2.47. The molecule has 7 heteroatoms. The van der Waals surface area contributed by atoms with Gasteiger partial charge in [0.25, 0.3) is 10.2 Å². The summed E-state index contributed by atoms with van der Waals surface area (Å²) >= 11 is 0. The Hall–Kier alpha value is -0.210.